The molecule has 0 amide bonds. The Balaban J connectivity index is 1.49. The van der Waals surface area contributed by atoms with Crippen molar-refractivity contribution < 1.29 is 0 Å². The Morgan fingerprint density at radius 1 is 0.164 bits per heavy atom. The Labute approximate surface area is 440 Å². The third-order valence-electron chi connectivity index (χ3n) is 15.3. The standard InChI is InChI=1S/C72H75P/c1-40-19-46(7)67(47(8)20-40)58-31-59(68-48(9)21-41(2)22-49(68)10)35-64(34-58)73(65-36-60(69-50(11)23-42(3)24-51(69)12)32-61(37-65)70-52(13)25-43(4)26-53(70)14)66-38-62(71-54(15)27-44(5)28-55(71)16)33-63(39-66)72-56(17)29-45(6)30-57(72)18/h19-39H,1-18H3. The molecule has 0 saturated carbocycles. The molecule has 9 aromatic carbocycles. The Morgan fingerprint density at radius 3 is 0.411 bits per heavy atom. The second kappa shape index (κ2) is 20.0. The van der Waals surface area contributed by atoms with Crippen LogP contribution >= 0.6 is 7.92 Å². The number of hydrogen-bond donors (Lipinski definition) is 0. The molecule has 0 heterocycles. The largest absolute Gasteiger partial charge is 0.0557 e. The smallest absolute Gasteiger partial charge is 0.0125 e. The number of hydrogen-bond acceptors (Lipinski definition) is 0. The van der Waals surface area contributed by atoms with Gasteiger partial charge in [-0.05, 0) is 337 Å². The van der Waals surface area contributed by atoms with Gasteiger partial charge in [0.15, 0.2) is 0 Å². The van der Waals surface area contributed by atoms with Gasteiger partial charge < -0.3 is 0 Å². The fraction of sp³-hybridized carbons (Fsp3) is 0.250. The molecule has 0 atom stereocenters. The van der Waals surface area contributed by atoms with E-state index in [0.29, 0.717) is 0 Å². The Bertz CT molecular complexity index is 2950. The molecule has 0 spiro atoms. The zero-order chi connectivity index (χ0) is 52.5. The third kappa shape index (κ3) is 10.1. The Kier molecular flexibility index (Phi) is 14.1. The molecular formula is C72H75P. The number of rotatable bonds is 9. The Hall–Kier alpha value is -6.59. The van der Waals surface area contributed by atoms with Crippen molar-refractivity contribution in [3.63, 3.8) is 0 Å². The van der Waals surface area contributed by atoms with Crippen molar-refractivity contribution in [2.75, 3.05) is 0 Å². The van der Waals surface area contributed by atoms with E-state index < -0.39 is 7.92 Å². The monoisotopic (exact) mass is 971 g/mol. The maximum absolute atomic E-state index is 2.58. The van der Waals surface area contributed by atoms with E-state index in [1.54, 1.807) is 0 Å². The molecule has 0 aliphatic rings. The third-order valence-corrected chi connectivity index (χ3v) is 17.6. The van der Waals surface area contributed by atoms with Crippen LogP contribution in [0.15, 0.2) is 127 Å². The van der Waals surface area contributed by atoms with Gasteiger partial charge in [-0.3, -0.25) is 0 Å². The second-order valence-corrected chi connectivity index (χ2v) is 24.5. The lowest BCUT2D eigenvalue weighted by Crippen LogP contribution is -2.22. The molecule has 0 aliphatic carbocycles. The molecular weight excluding hydrogens is 896 g/mol. The SMILES string of the molecule is Cc1cc(C)c(-c2cc(-c3c(C)cc(C)cc3C)cc(P(c3cc(-c4c(C)cc(C)cc4C)cc(-c4c(C)cc(C)cc4C)c3)c3cc(-c4c(C)cc(C)cc4C)cc(-c4c(C)cc(C)cc4C)c3)c2)c(C)c1. The molecule has 1 heteroatoms. The quantitative estimate of drug-likeness (QED) is 0.126. The summed E-state index contributed by atoms with van der Waals surface area (Å²) in [6, 6.07) is 51.3. The van der Waals surface area contributed by atoms with Crippen LogP contribution in [0.4, 0.5) is 0 Å². The van der Waals surface area contributed by atoms with E-state index in [1.807, 2.05) is 0 Å². The molecule has 0 radical (unpaired) electrons. The maximum Gasteiger partial charge on any atom is -0.0125 e. The van der Waals surface area contributed by atoms with Crippen LogP contribution in [0.3, 0.4) is 0 Å². The molecule has 0 aliphatic heterocycles. The van der Waals surface area contributed by atoms with E-state index >= 15 is 0 Å². The van der Waals surface area contributed by atoms with Crippen molar-refractivity contribution >= 4 is 23.8 Å². The summed E-state index contributed by atoms with van der Waals surface area (Å²) >= 11 is 0. The van der Waals surface area contributed by atoms with E-state index in [9.17, 15) is 0 Å². The summed E-state index contributed by atoms with van der Waals surface area (Å²) in [6.07, 6.45) is 0. The highest BCUT2D eigenvalue weighted by Crippen LogP contribution is 2.45. The number of aryl methyl sites for hydroxylation is 18. The van der Waals surface area contributed by atoms with Gasteiger partial charge in [-0.1, -0.05) is 106 Å². The molecule has 0 saturated heterocycles. The normalized spacial score (nSPS) is 11.5. The summed E-state index contributed by atoms with van der Waals surface area (Å²) in [5, 5.41) is 4.03. The highest BCUT2D eigenvalue weighted by Gasteiger charge is 2.26. The summed E-state index contributed by atoms with van der Waals surface area (Å²) in [5.74, 6) is 0. The maximum atomic E-state index is 2.58. The van der Waals surface area contributed by atoms with Gasteiger partial charge in [-0.25, -0.2) is 0 Å². The molecule has 0 N–H and O–H groups in total. The van der Waals surface area contributed by atoms with Crippen molar-refractivity contribution in [1.29, 1.82) is 0 Å². The van der Waals surface area contributed by atoms with Gasteiger partial charge in [-0.2, -0.15) is 0 Å². The van der Waals surface area contributed by atoms with E-state index in [4.69, 9.17) is 0 Å². The first-order chi connectivity index (χ1) is 34.5. The highest BCUT2D eigenvalue weighted by atomic mass is 31.1. The first-order valence-corrected chi connectivity index (χ1v) is 27.6. The van der Waals surface area contributed by atoms with Crippen molar-refractivity contribution in [3.8, 4) is 66.8 Å². The molecule has 9 aromatic rings. The average molecular weight is 971 g/mol. The van der Waals surface area contributed by atoms with Gasteiger partial charge in [0, 0.05) is 0 Å². The first-order valence-electron chi connectivity index (χ1n) is 26.3. The van der Waals surface area contributed by atoms with Crippen LogP contribution in [0.25, 0.3) is 66.8 Å². The van der Waals surface area contributed by atoms with Crippen LogP contribution in [-0.4, -0.2) is 0 Å². The predicted octanol–water partition coefficient (Wildman–Crippen LogP) is 19.0. The molecule has 0 unspecified atom stereocenters. The van der Waals surface area contributed by atoms with Gasteiger partial charge in [0.25, 0.3) is 0 Å². The second-order valence-electron chi connectivity index (χ2n) is 22.3. The van der Waals surface area contributed by atoms with Crippen molar-refractivity contribution in [1.82, 2.24) is 0 Å². The molecule has 0 nitrogen and oxygen atoms in total. The minimum absolute atomic E-state index is 1.24. The minimum atomic E-state index is -1.24. The van der Waals surface area contributed by atoms with Crippen LogP contribution < -0.4 is 15.9 Å². The van der Waals surface area contributed by atoms with Crippen molar-refractivity contribution in [3.05, 3.63) is 228 Å². The zero-order valence-electron chi connectivity index (χ0n) is 47.1. The Morgan fingerprint density at radius 2 is 0.288 bits per heavy atom. The lowest BCUT2D eigenvalue weighted by Gasteiger charge is -2.27. The molecule has 9 rings (SSSR count). The summed E-state index contributed by atoms with van der Waals surface area (Å²) in [7, 11) is -1.24. The van der Waals surface area contributed by atoms with E-state index in [2.05, 4.69) is 252 Å². The van der Waals surface area contributed by atoms with Crippen molar-refractivity contribution in [2.45, 2.75) is 125 Å². The van der Waals surface area contributed by atoms with Crippen LogP contribution in [0.5, 0.6) is 0 Å². The summed E-state index contributed by atoms with van der Waals surface area (Å²) in [5.41, 5.74) is 39.0. The molecule has 368 valence electrons. The van der Waals surface area contributed by atoms with E-state index in [-0.39, 0.29) is 0 Å². The molecule has 0 bridgehead atoms. The topological polar surface area (TPSA) is 0 Å². The van der Waals surface area contributed by atoms with Gasteiger partial charge in [0.05, 0.1) is 0 Å². The van der Waals surface area contributed by atoms with Crippen LogP contribution in [0, 0.1) is 125 Å². The van der Waals surface area contributed by atoms with E-state index in [0.717, 1.165) is 0 Å². The molecule has 0 fully saturated rings. The van der Waals surface area contributed by atoms with Crippen LogP contribution in [-0.2, 0) is 0 Å². The van der Waals surface area contributed by atoms with Gasteiger partial charge in [0.2, 0.25) is 0 Å². The molecule has 0 aromatic heterocycles. The molecule has 73 heavy (non-hydrogen) atoms. The summed E-state index contributed by atoms with van der Waals surface area (Å²) < 4.78 is 0. The van der Waals surface area contributed by atoms with Gasteiger partial charge in [0.1, 0.15) is 0 Å². The van der Waals surface area contributed by atoms with Crippen LogP contribution in [0.1, 0.15) is 100 Å². The lowest BCUT2D eigenvalue weighted by molar-refractivity contribution is 1.31. The van der Waals surface area contributed by atoms with Gasteiger partial charge >= 0.3 is 0 Å². The number of benzene rings is 9. The first kappa shape index (κ1) is 51.3. The average Bonchev–Trinajstić information content (AvgIpc) is 3.24. The minimum Gasteiger partial charge on any atom is -0.0557 e. The lowest BCUT2D eigenvalue weighted by atomic mass is 9.89. The van der Waals surface area contributed by atoms with Gasteiger partial charge in [-0.15, -0.1) is 0 Å². The van der Waals surface area contributed by atoms with Crippen molar-refractivity contribution in [2.24, 2.45) is 0 Å². The van der Waals surface area contributed by atoms with E-state index in [1.165, 1.54) is 183 Å². The summed E-state index contributed by atoms with van der Waals surface area (Å²) in [6.45, 7) is 41.0. The predicted molar refractivity (Wildman–Crippen MR) is 323 cm³/mol. The fourth-order valence-corrected chi connectivity index (χ4v) is 15.8. The summed E-state index contributed by atoms with van der Waals surface area (Å²) in [4.78, 5) is 0. The highest BCUT2D eigenvalue weighted by molar-refractivity contribution is 7.79. The fourth-order valence-electron chi connectivity index (χ4n) is 13.3. The van der Waals surface area contributed by atoms with Crippen LogP contribution in [0.2, 0.25) is 0 Å². The zero-order valence-corrected chi connectivity index (χ0v) is 48.0.